The standard InChI is InChI=1S/C22H27NO3S/c1-6-26-20-8-7-18(17(5)24)11-19(20)12-27-13-21(25)23-22-15(3)9-14(2)10-16(22)4/h7-11H,6,12-13H2,1-5H3,(H,23,25). The second kappa shape index (κ2) is 9.60. The van der Waals surface area contributed by atoms with Gasteiger partial charge in [0.25, 0.3) is 0 Å². The van der Waals surface area contributed by atoms with Crippen molar-refractivity contribution in [1.82, 2.24) is 0 Å². The zero-order valence-electron chi connectivity index (χ0n) is 16.6. The summed E-state index contributed by atoms with van der Waals surface area (Å²) in [5.74, 6) is 1.70. The lowest BCUT2D eigenvalue weighted by Crippen LogP contribution is -2.16. The third-order valence-electron chi connectivity index (χ3n) is 4.20. The molecule has 27 heavy (non-hydrogen) atoms. The van der Waals surface area contributed by atoms with Crippen molar-refractivity contribution in [1.29, 1.82) is 0 Å². The summed E-state index contributed by atoms with van der Waals surface area (Å²) in [6, 6.07) is 9.59. The molecule has 0 saturated heterocycles. The Bertz CT molecular complexity index is 822. The minimum atomic E-state index is -0.0317. The molecule has 0 aliphatic rings. The lowest BCUT2D eigenvalue weighted by atomic mass is 10.1. The molecular formula is C22H27NO3S. The van der Waals surface area contributed by atoms with Gasteiger partial charge in [0.2, 0.25) is 5.91 Å². The van der Waals surface area contributed by atoms with Gasteiger partial charge in [-0.15, -0.1) is 11.8 Å². The molecule has 0 aromatic heterocycles. The van der Waals surface area contributed by atoms with Gasteiger partial charge in [0.05, 0.1) is 12.4 Å². The van der Waals surface area contributed by atoms with Crippen LogP contribution in [0.4, 0.5) is 5.69 Å². The Balaban J connectivity index is 2.00. The van der Waals surface area contributed by atoms with Crippen LogP contribution >= 0.6 is 11.8 Å². The van der Waals surface area contributed by atoms with Crippen molar-refractivity contribution in [2.75, 3.05) is 17.7 Å². The van der Waals surface area contributed by atoms with Crippen molar-refractivity contribution in [3.8, 4) is 5.75 Å². The Morgan fingerprint density at radius 1 is 1.07 bits per heavy atom. The summed E-state index contributed by atoms with van der Waals surface area (Å²) in [4.78, 5) is 24.0. The number of thioether (sulfide) groups is 1. The van der Waals surface area contributed by atoms with E-state index in [4.69, 9.17) is 4.74 Å². The predicted octanol–water partition coefficient (Wildman–Crippen LogP) is 5.09. The Morgan fingerprint density at radius 3 is 2.33 bits per heavy atom. The third-order valence-corrected chi connectivity index (χ3v) is 5.18. The highest BCUT2D eigenvalue weighted by atomic mass is 32.2. The van der Waals surface area contributed by atoms with Gasteiger partial charge in [0, 0.05) is 22.6 Å². The fourth-order valence-corrected chi connectivity index (χ4v) is 3.82. The largest absolute Gasteiger partial charge is 0.494 e. The van der Waals surface area contributed by atoms with E-state index >= 15 is 0 Å². The molecule has 0 aliphatic carbocycles. The first-order chi connectivity index (χ1) is 12.8. The summed E-state index contributed by atoms with van der Waals surface area (Å²) in [5.41, 5.74) is 5.80. The molecule has 2 rings (SSSR count). The van der Waals surface area contributed by atoms with E-state index in [1.54, 1.807) is 13.0 Å². The zero-order chi connectivity index (χ0) is 20.0. The second-order valence-corrected chi connectivity index (χ2v) is 7.61. The first kappa shape index (κ1) is 21.0. The minimum Gasteiger partial charge on any atom is -0.494 e. The molecule has 0 radical (unpaired) electrons. The van der Waals surface area contributed by atoms with Crippen LogP contribution in [0, 0.1) is 20.8 Å². The highest BCUT2D eigenvalue weighted by molar-refractivity contribution is 7.99. The Morgan fingerprint density at radius 2 is 1.74 bits per heavy atom. The van der Waals surface area contributed by atoms with E-state index in [0.29, 0.717) is 23.7 Å². The molecule has 0 saturated carbocycles. The number of amides is 1. The van der Waals surface area contributed by atoms with Crippen molar-refractivity contribution in [2.24, 2.45) is 0 Å². The predicted molar refractivity (Wildman–Crippen MR) is 113 cm³/mol. The summed E-state index contributed by atoms with van der Waals surface area (Å²) in [6.07, 6.45) is 0. The molecule has 0 atom stereocenters. The number of hydrogen-bond donors (Lipinski definition) is 1. The molecule has 0 spiro atoms. The van der Waals surface area contributed by atoms with Crippen LogP contribution in [-0.4, -0.2) is 24.1 Å². The van der Waals surface area contributed by atoms with Crippen LogP contribution in [0.2, 0.25) is 0 Å². The topological polar surface area (TPSA) is 55.4 Å². The van der Waals surface area contributed by atoms with Crippen molar-refractivity contribution < 1.29 is 14.3 Å². The quantitative estimate of drug-likeness (QED) is 0.644. The number of hydrogen-bond acceptors (Lipinski definition) is 4. The van der Waals surface area contributed by atoms with Gasteiger partial charge >= 0.3 is 0 Å². The molecule has 0 aliphatic heterocycles. The van der Waals surface area contributed by atoms with E-state index in [-0.39, 0.29) is 11.7 Å². The van der Waals surface area contributed by atoms with Crippen LogP contribution in [0.1, 0.15) is 46.5 Å². The molecule has 0 unspecified atom stereocenters. The minimum absolute atomic E-state index is 0.0207. The summed E-state index contributed by atoms with van der Waals surface area (Å²) >= 11 is 1.51. The number of ketones is 1. The van der Waals surface area contributed by atoms with Gasteiger partial charge in [-0.2, -0.15) is 0 Å². The Kier molecular flexibility index (Phi) is 7.48. The normalized spacial score (nSPS) is 10.6. The molecular weight excluding hydrogens is 358 g/mol. The molecule has 5 heteroatoms. The molecule has 2 aromatic rings. The fraction of sp³-hybridized carbons (Fsp3) is 0.364. The van der Waals surface area contributed by atoms with Crippen LogP contribution in [0.15, 0.2) is 30.3 Å². The molecule has 2 aromatic carbocycles. The maximum atomic E-state index is 12.4. The van der Waals surface area contributed by atoms with Crippen LogP contribution in [-0.2, 0) is 10.5 Å². The maximum absolute atomic E-state index is 12.4. The van der Waals surface area contributed by atoms with Crippen LogP contribution < -0.4 is 10.1 Å². The van der Waals surface area contributed by atoms with E-state index in [9.17, 15) is 9.59 Å². The summed E-state index contributed by atoms with van der Waals surface area (Å²) in [5, 5.41) is 3.02. The lowest BCUT2D eigenvalue weighted by Gasteiger charge is -2.13. The molecule has 0 bridgehead atoms. The van der Waals surface area contributed by atoms with Gasteiger partial charge < -0.3 is 10.1 Å². The fourth-order valence-electron chi connectivity index (χ4n) is 3.01. The maximum Gasteiger partial charge on any atom is 0.234 e. The molecule has 1 amide bonds. The number of carbonyl (C=O) groups excluding carboxylic acids is 2. The van der Waals surface area contributed by atoms with E-state index in [1.807, 2.05) is 39.8 Å². The van der Waals surface area contributed by atoms with E-state index in [1.165, 1.54) is 17.3 Å². The van der Waals surface area contributed by atoms with E-state index in [0.717, 1.165) is 28.1 Å². The molecule has 0 fully saturated rings. The Hall–Kier alpha value is -2.27. The van der Waals surface area contributed by atoms with E-state index < -0.39 is 0 Å². The number of Topliss-reactive ketones (excluding diaryl/α,β-unsaturated/α-hetero) is 1. The molecule has 1 N–H and O–H groups in total. The van der Waals surface area contributed by atoms with Crippen molar-refractivity contribution >= 4 is 29.1 Å². The number of carbonyl (C=O) groups is 2. The highest BCUT2D eigenvalue weighted by Crippen LogP contribution is 2.26. The molecule has 4 nitrogen and oxygen atoms in total. The van der Waals surface area contributed by atoms with Crippen LogP contribution in [0.3, 0.4) is 0 Å². The van der Waals surface area contributed by atoms with Gasteiger partial charge in [-0.25, -0.2) is 0 Å². The van der Waals surface area contributed by atoms with Gasteiger partial charge in [0.1, 0.15) is 5.75 Å². The number of anilines is 1. The summed E-state index contributed by atoms with van der Waals surface area (Å²) < 4.78 is 5.64. The van der Waals surface area contributed by atoms with Crippen molar-refractivity contribution in [2.45, 2.75) is 40.4 Å². The number of rotatable bonds is 8. The first-order valence-corrected chi connectivity index (χ1v) is 10.2. The average Bonchev–Trinajstić information content (AvgIpc) is 2.59. The molecule has 144 valence electrons. The Labute approximate surface area is 165 Å². The number of nitrogens with one attached hydrogen (secondary N) is 1. The van der Waals surface area contributed by atoms with Crippen LogP contribution in [0.25, 0.3) is 0 Å². The van der Waals surface area contributed by atoms with Gasteiger partial charge in [-0.05, 0) is 63.9 Å². The summed E-state index contributed by atoms with van der Waals surface area (Å²) in [7, 11) is 0. The van der Waals surface area contributed by atoms with Crippen molar-refractivity contribution in [3.05, 3.63) is 58.1 Å². The monoisotopic (exact) mass is 385 g/mol. The first-order valence-electron chi connectivity index (χ1n) is 9.04. The number of benzene rings is 2. The van der Waals surface area contributed by atoms with Crippen molar-refractivity contribution in [3.63, 3.8) is 0 Å². The van der Waals surface area contributed by atoms with Gasteiger partial charge in [-0.3, -0.25) is 9.59 Å². The third kappa shape index (κ3) is 5.86. The van der Waals surface area contributed by atoms with Gasteiger partial charge in [-0.1, -0.05) is 17.7 Å². The van der Waals surface area contributed by atoms with Gasteiger partial charge in [0.15, 0.2) is 5.78 Å². The number of aryl methyl sites for hydroxylation is 3. The zero-order valence-corrected chi connectivity index (χ0v) is 17.5. The lowest BCUT2D eigenvalue weighted by molar-refractivity contribution is -0.113. The second-order valence-electron chi connectivity index (χ2n) is 6.63. The highest BCUT2D eigenvalue weighted by Gasteiger charge is 2.11. The average molecular weight is 386 g/mol. The number of ether oxygens (including phenoxy) is 1. The van der Waals surface area contributed by atoms with Crippen LogP contribution in [0.5, 0.6) is 5.75 Å². The van der Waals surface area contributed by atoms with E-state index in [2.05, 4.69) is 17.4 Å². The summed E-state index contributed by atoms with van der Waals surface area (Å²) in [6.45, 7) is 10.1. The SMILES string of the molecule is CCOc1ccc(C(C)=O)cc1CSCC(=O)Nc1c(C)cc(C)cc1C. The molecule has 0 heterocycles. The smallest absolute Gasteiger partial charge is 0.234 e.